The number of nitrogens with one attached hydrogen (secondary N) is 3. The van der Waals surface area contributed by atoms with Crippen LogP contribution >= 0.6 is 0 Å². The van der Waals surface area contributed by atoms with E-state index in [2.05, 4.69) is 16.0 Å². The molecule has 7 N–H and O–H groups in total. The third kappa shape index (κ3) is 8.44. The van der Waals surface area contributed by atoms with E-state index in [0.29, 0.717) is 0 Å². The van der Waals surface area contributed by atoms with Gasteiger partial charge < -0.3 is 31.9 Å². The summed E-state index contributed by atoms with van der Waals surface area (Å²) in [5.74, 6) is -3.20. The van der Waals surface area contributed by atoms with Crippen LogP contribution in [0.4, 0.5) is 0 Å². The number of carboxylic acids is 1. The van der Waals surface area contributed by atoms with Crippen molar-refractivity contribution in [1.29, 1.82) is 0 Å². The van der Waals surface area contributed by atoms with Crippen molar-refractivity contribution in [3.63, 3.8) is 0 Å². The van der Waals surface area contributed by atoms with Gasteiger partial charge in [0.25, 0.3) is 0 Å². The van der Waals surface area contributed by atoms with E-state index >= 15 is 0 Å². The molecular formula is C14H26N4O6. The first-order valence-corrected chi connectivity index (χ1v) is 7.55. The summed E-state index contributed by atoms with van der Waals surface area (Å²) in [5.41, 5.74) is 5.10. The molecule has 0 aromatic heterocycles. The molecule has 3 unspecified atom stereocenters. The van der Waals surface area contributed by atoms with Crippen molar-refractivity contribution in [2.24, 2.45) is 11.7 Å². The zero-order chi connectivity index (χ0) is 18.9. The quantitative estimate of drug-likeness (QED) is 0.255. The lowest BCUT2D eigenvalue weighted by molar-refractivity contribution is -0.145. The standard InChI is InChI=1S/C14H26N4O6/c1-7(2)4-9(17-11(21)6-16-10(20)5-15)13(22)18-12(8(3)19)14(23)24/h7-9,12,19H,4-6,15H2,1-3H3,(H,16,20)(H,17,21)(H,18,22)(H,23,24). The highest BCUT2D eigenvalue weighted by Gasteiger charge is 2.29. The highest BCUT2D eigenvalue weighted by atomic mass is 16.4. The van der Waals surface area contributed by atoms with Gasteiger partial charge in [-0.05, 0) is 19.3 Å². The number of hydrogen-bond acceptors (Lipinski definition) is 6. The zero-order valence-electron chi connectivity index (χ0n) is 14.0. The van der Waals surface area contributed by atoms with Crippen LogP contribution < -0.4 is 21.7 Å². The molecule has 0 saturated carbocycles. The van der Waals surface area contributed by atoms with Gasteiger partial charge in [0.05, 0.1) is 19.2 Å². The number of rotatable bonds is 10. The van der Waals surface area contributed by atoms with E-state index in [4.69, 9.17) is 10.8 Å². The highest BCUT2D eigenvalue weighted by Crippen LogP contribution is 2.06. The lowest BCUT2D eigenvalue weighted by atomic mass is 10.0. The van der Waals surface area contributed by atoms with Crippen LogP contribution in [-0.4, -0.2) is 65.2 Å². The molecular weight excluding hydrogens is 320 g/mol. The molecule has 0 saturated heterocycles. The van der Waals surface area contributed by atoms with Crippen molar-refractivity contribution < 1.29 is 29.4 Å². The Hall–Kier alpha value is -2.20. The van der Waals surface area contributed by atoms with E-state index in [1.807, 2.05) is 13.8 Å². The molecule has 138 valence electrons. The molecule has 0 rings (SSSR count). The first kappa shape index (κ1) is 21.8. The van der Waals surface area contributed by atoms with E-state index in [1.54, 1.807) is 0 Å². The van der Waals surface area contributed by atoms with Crippen LogP contribution in [0, 0.1) is 5.92 Å². The minimum atomic E-state index is -1.49. The van der Waals surface area contributed by atoms with Crippen LogP contribution in [0.3, 0.4) is 0 Å². The molecule has 0 spiro atoms. The summed E-state index contributed by atoms with van der Waals surface area (Å²) in [6.07, 6.45) is -1.04. The molecule has 0 fully saturated rings. The number of nitrogens with two attached hydrogens (primary N) is 1. The number of hydrogen-bond donors (Lipinski definition) is 6. The summed E-state index contributed by atoms with van der Waals surface area (Å²) in [7, 11) is 0. The van der Waals surface area contributed by atoms with Gasteiger partial charge in [-0.15, -0.1) is 0 Å². The molecule has 0 aliphatic carbocycles. The fourth-order valence-corrected chi connectivity index (χ4v) is 1.84. The number of aliphatic hydroxyl groups is 1. The molecule has 0 aliphatic rings. The molecule has 3 atom stereocenters. The number of aliphatic carboxylic acids is 1. The predicted molar refractivity (Wildman–Crippen MR) is 84.7 cm³/mol. The third-order valence-electron chi connectivity index (χ3n) is 3.04. The second-order valence-electron chi connectivity index (χ2n) is 5.80. The number of carbonyl (C=O) groups is 4. The van der Waals surface area contributed by atoms with Crippen LogP contribution in [0.5, 0.6) is 0 Å². The first-order valence-electron chi connectivity index (χ1n) is 7.55. The highest BCUT2D eigenvalue weighted by molar-refractivity contribution is 5.92. The topological polar surface area (TPSA) is 171 Å². The van der Waals surface area contributed by atoms with Gasteiger partial charge in [-0.25, -0.2) is 4.79 Å². The first-order chi connectivity index (χ1) is 11.1. The second kappa shape index (κ2) is 10.6. The maximum absolute atomic E-state index is 12.2. The third-order valence-corrected chi connectivity index (χ3v) is 3.04. The van der Waals surface area contributed by atoms with Gasteiger partial charge in [0, 0.05) is 0 Å². The Bertz CT molecular complexity index is 466. The normalized spacial score (nSPS) is 14.4. The van der Waals surface area contributed by atoms with Crippen LogP contribution in [0.25, 0.3) is 0 Å². The van der Waals surface area contributed by atoms with Crippen molar-refractivity contribution in [3.8, 4) is 0 Å². The van der Waals surface area contributed by atoms with Gasteiger partial charge in [-0.1, -0.05) is 13.8 Å². The molecule has 0 aromatic rings. The average Bonchev–Trinajstić information content (AvgIpc) is 2.47. The molecule has 10 heteroatoms. The number of aliphatic hydroxyl groups excluding tert-OH is 1. The summed E-state index contributed by atoms with van der Waals surface area (Å²) in [6.45, 7) is 4.27. The summed E-state index contributed by atoms with van der Waals surface area (Å²) in [4.78, 5) is 46.1. The molecule has 0 aliphatic heterocycles. The predicted octanol–water partition coefficient (Wildman–Crippen LogP) is -2.46. The molecule has 0 bridgehead atoms. The lowest BCUT2D eigenvalue weighted by Gasteiger charge is -2.23. The van der Waals surface area contributed by atoms with Crippen LogP contribution in [-0.2, 0) is 19.2 Å². The summed E-state index contributed by atoms with van der Waals surface area (Å²) >= 11 is 0. The van der Waals surface area contributed by atoms with Gasteiger partial charge >= 0.3 is 5.97 Å². The Labute approximate surface area is 140 Å². The maximum atomic E-state index is 12.2. The smallest absolute Gasteiger partial charge is 0.328 e. The molecule has 0 radical (unpaired) electrons. The van der Waals surface area contributed by atoms with E-state index in [0.717, 1.165) is 0 Å². The Morgan fingerprint density at radius 1 is 1.04 bits per heavy atom. The Morgan fingerprint density at radius 3 is 2.04 bits per heavy atom. The SMILES string of the molecule is CC(C)CC(NC(=O)CNC(=O)CN)C(=O)NC(C(=O)O)C(C)O. The van der Waals surface area contributed by atoms with Crippen LogP contribution in [0.15, 0.2) is 0 Å². The number of carbonyl (C=O) groups excluding carboxylic acids is 3. The number of carboxylic acid groups (broad SMARTS) is 1. The average molecular weight is 346 g/mol. The van der Waals surface area contributed by atoms with E-state index in [-0.39, 0.29) is 25.4 Å². The van der Waals surface area contributed by atoms with Crippen molar-refractivity contribution in [2.75, 3.05) is 13.1 Å². The minimum Gasteiger partial charge on any atom is -0.480 e. The minimum absolute atomic E-state index is 0.0366. The Balaban J connectivity index is 4.85. The Kier molecular flexibility index (Phi) is 9.58. The monoisotopic (exact) mass is 346 g/mol. The summed E-state index contributed by atoms with van der Waals surface area (Å²) < 4.78 is 0. The van der Waals surface area contributed by atoms with Crippen molar-refractivity contribution in [1.82, 2.24) is 16.0 Å². The lowest BCUT2D eigenvalue weighted by Crippen LogP contribution is -2.56. The molecule has 10 nitrogen and oxygen atoms in total. The van der Waals surface area contributed by atoms with Gasteiger partial charge in [0.2, 0.25) is 17.7 Å². The summed E-state index contributed by atoms with van der Waals surface area (Å²) in [6, 6.07) is -2.48. The molecule has 3 amide bonds. The zero-order valence-corrected chi connectivity index (χ0v) is 14.0. The van der Waals surface area contributed by atoms with E-state index < -0.39 is 41.9 Å². The van der Waals surface area contributed by atoms with Crippen molar-refractivity contribution >= 4 is 23.7 Å². The molecule has 0 aromatic carbocycles. The van der Waals surface area contributed by atoms with Gasteiger partial charge in [-0.2, -0.15) is 0 Å². The largest absolute Gasteiger partial charge is 0.480 e. The van der Waals surface area contributed by atoms with Gasteiger partial charge in [0.1, 0.15) is 6.04 Å². The number of amides is 3. The maximum Gasteiger partial charge on any atom is 0.328 e. The van der Waals surface area contributed by atoms with E-state index in [9.17, 15) is 24.3 Å². The Morgan fingerprint density at radius 2 is 1.62 bits per heavy atom. The van der Waals surface area contributed by atoms with Gasteiger partial charge in [-0.3, -0.25) is 14.4 Å². The molecule has 0 heterocycles. The van der Waals surface area contributed by atoms with Crippen LogP contribution in [0.2, 0.25) is 0 Å². The summed E-state index contributed by atoms with van der Waals surface area (Å²) in [5, 5.41) is 25.3. The van der Waals surface area contributed by atoms with Crippen molar-refractivity contribution in [2.45, 2.75) is 45.4 Å². The van der Waals surface area contributed by atoms with Crippen molar-refractivity contribution in [3.05, 3.63) is 0 Å². The molecule has 24 heavy (non-hydrogen) atoms. The van der Waals surface area contributed by atoms with Gasteiger partial charge in [0.15, 0.2) is 6.04 Å². The fourth-order valence-electron chi connectivity index (χ4n) is 1.84. The van der Waals surface area contributed by atoms with E-state index in [1.165, 1.54) is 6.92 Å². The fraction of sp³-hybridized carbons (Fsp3) is 0.714. The van der Waals surface area contributed by atoms with Crippen LogP contribution in [0.1, 0.15) is 27.2 Å². The second-order valence-corrected chi connectivity index (χ2v) is 5.80.